The standard InChI is InChI=1S/C92H185N5O15/c1-7-13-19-25-31-37-43-49-55-61-67-96(68-62-56-50-44-38-32-26-20-14-8-2,69-63-57-51-45-39-33-27-21-15-9-3)73-79(101)111-92(106)87(104)82(95)90(110-86-78(75-99)108-89(81(94)84(86)103)109-85-77(74-98)107-88(105)80(93)83(85)102)112-91(92,76-100)97(70-64-58-52-46-40-34-28-22-16-10-4,71-65-59-53-47-41-35-29-23-17-11-5)72-66-60-54-48-42-36-30-24-18-12-6/h77-78,80-90,98-100,102-106H,7-76,93-95H2,1-6H3/q+2/t77-,78-,80-,81-,82-,83-,84-,85?,86?,87-,88-,89+,90+,91-,92+/m1/s1. The molecule has 20 heteroatoms. The van der Waals surface area contributed by atoms with E-state index in [2.05, 4.69) is 41.5 Å². The van der Waals surface area contributed by atoms with Crippen LogP contribution < -0.4 is 17.2 Å². The van der Waals surface area contributed by atoms with Crippen LogP contribution in [-0.4, -0.2) is 213 Å². The highest BCUT2D eigenvalue weighted by atomic mass is 16.8. The van der Waals surface area contributed by atoms with Gasteiger partial charge in [-0.25, -0.2) is 4.79 Å². The van der Waals surface area contributed by atoms with E-state index in [0.29, 0.717) is 43.4 Å². The van der Waals surface area contributed by atoms with Crippen LogP contribution in [0.2, 0.25) is 0 Å². The van der Waals surface area contributed by atoms with Gasteiger partial charge < -0.3 is 86.2 Å². The van der Waals surface area contributed by atoms with Gasteiger partial charge in [0.05, 0.1) is 70.6 Å². The van der Waals surface area contributed by atoms with Crippen LogP contribution in [0.15, 0.2) is 0 Å². The minimum absolute atomic E-state index is 0.0478. The molecule has 20 nitrogen and oxygen atoms in total. The van der Waals surface area contributed by atoms with Crippen LogP contribution in [-0.2, 0) is 33.2 Å². The van der Waals surface area contributed by atoms with Gasteiger partial charge in [-0.1, -0.05) is 350 Å². The van der Waals surface area contributed by atoms with E-state index >= 15 is 4.79 Å². The summed E-state index contributed by atoms with van der Waals surface area (Å²) in [6.07, 6.45) is 52.2. The molecule has 0 radical (unpaired) electrons. The van der Waals surface area contributed by atoms with E-state index in [4.69, 9.17) is 45.6 Å². The molecule has 14 N–H and O–H groups in total. The first-order chi connectivity index (χ1) is 54.4. The Labute approximate surface area is 686 Å². The number of carbonyl (C=O) groups is 1. The van der Waals surface area contributed by atoms with Crippen LogP contribution in [0.1, 0.15) is 427 Å². The van der Waals surface area contributed by atoms with Crippen molar-refractivity contribution in [1.82, 2.24) is 0 Å². The fraction of sp³-hybridized carbons (Fsp3) is 0.989. The first-order valence-corrected chi connectivity index (χ1v) is 48.2. The van der Waals surface area contributed by atoms with Crippen LogP contribution >= 0.6 is 0 Å². The number of quaternary nitrogens is 2. The molecule has 3 rings (SSSR count). The van der Waals surface area contributed by atoms with Gasteiger partial charge in [-0.15, -0.1) is 0 Å². The molecule has 3 saturated heterocycles. The van der Waals surface area contributed by atoms with Crippen LogP contribution in [0.4, 0.5) is 0 Å². The Morgan fingerprint density at radius 3 is 0.893 bits per heavy atom. The SMILES string of the molecule is CCCCCCCCCCCC[N+](CCCCCCCCCCCC)(CCCCCCCCCCCC)CC(=O)O[C@@]1(O)[C@H](O)[C@@H](N)[C@@H](OC2[C@@H](CO)O[C@@H](OC3[C@@H](CO)O[C@@H](O)[C@H](N)[C@H]3O)[C@H](N)[C@H]2O)O[C@@]1(CO)[N+](CCCCCCCCCCCC)(CCCCCCCCCCCC)CCCCCCCCCCCC. The summed E-state index contributed by atoms with van der Waals surface area (Å²) in [4.78, 5) is 16.2. The summed E-state index contributed by atoms with van der Waals surface area (Å²) < 4.78 is 39.7. The van der Waals surface area contributed by atoms with Gasteiger partial charge >= 0.3 is 11.8 Å². The van der Waals surface area contributed by atoms with Crippen molar-refractivity contribution in [3.05, 3.63) is 0 Å². The van der Waals surface area contributed by atoms with Gasteiger partial charge in [-0.05, 0) is 77.0 Å². The lowest BCUT2D eigenvalue weighted by Crippen LogP contribution is -2.87. The number of hydrogen-bond acceptors (Lipinski definition) is 18. The van der Waals surface area contributed by atoms with Crippen molar-refractivity contribution < 1.29 is 83.0 Å². The maximum Gasteiger partial charge on any atom is 0.364 e. The first-order valence-electron chi connectivity index (χ1n) is 48.2. The Morgan fingerprint density at radius 1 is 0.348 bits per heavy atom. The number of esters is 1. The second kappa shape index (κ2) is 65.5. The number of aliphatic hydroxyl groups excluding tert-OH is 7. The lowest BCUT2D eigenvalue weighted by Gasteiger charge is -2.61. The van der Waals surface area contributed by atoms with Gasteiger partial charge in [0, 0.05) is 0 Å². The summed E-state index contributed by atoms with van der Waals surface area (Å²) >= 11 is 0. The number of hydrogen-bond donors (Lipinski definition) is 11. The summed E-state index contributed by atoms with van der Waals surface area (Å²) in [5.74, 6) is -3.65. The van der Waals surface area contributed by atoms with Crippen molar-refractivity contribution in [3.8, 4) is 0 Å². The highest BCUT2D eigenvalue weighted by molar-refractivity contribution is 5.71. The second-order valence-electron chi connectivity index (χ2n) is 35.5. The molecule has 3 heterocycles. The van der Waals surface area contributed by atoms with E-state index in [1.54, 1.807) is 0 Å². The van der Waals surface area contributed by atoms with E-state index in [1.807, 2.05) is 0 Å². The quantitative estimate of drug-likeness (QED) is 0.0117. The highest BCUT2D eigenvalue weighted by Crippen LogP contribution is 2.48. The molecule has 3 aliphatic rings. The summed E-state index contributed by atoms with van der Waals surface area (Å²) in [5, 5.41) is 96.9. The maximum absolute atomic E-state index is 16.2. The minimum Gasteiger partial charge on any atom is -0.417 e. The van der Waals surface area contributed by atoms with Crippen molar-refractivity contribution in [3.63, 3.8) is 0 Å². The number of nitrogens with two attached hydrogens (primary N) is 3. The number of rotatable bonds is 77. The lowest BCUT2D eigenvalue weighted by atomic mass is 9.83. The molecule has 0 aliphatic carbocycles. The molecule has 0 aromatic heterocycles. The fourth-order valence-corrected chi connectivity index (χ4v) is 18.4. The summed E-state index contributed by atoms with van der Waals surface area (Å²) in [6, 6.07) is -4.50. The fourth-order valence-electron chi connectivity index (χ4n) is 18.4. The van der Waals surface area contributed by atoms with Gasteiger partial charge in [0.15, 0.2) is 25.4 Å². The molecule has 0 amide bonds. The van der Waals surface area contributed by atoms with E-state index in [-0.39, 0.29) is 11.0 Å². The van der Waals surface area contributed by atoms with Crippen molar-refractivity contribution in [2.45, 2.75) is 518 Å². The molecule has 2 unspecified atom stereocenters. The molecule has 0 aromatic carbocycles. The van der Waals surface area contributed by atoms with E-state index in [9.17, 15) is 40.9 Å². The Hall–Kier alpha value is -1.25. The normalized spacial score (nSPS) is 25.9. The summed E-state index contributed by atoms with van der Waals surface area (Å²) in [5.41, 5.74) is 17.9. The highest BCUT2D eigenvalue weighted by Gasteiger charge is 2.76. The molecular formula is C92H185N5O15+2. The third kappa shape index (κ3) is 39.5. The molecule has 0 saturated carbocycles. The van der Waals surface area contributed by atoms with Crippen molar-refractivity contribution >= 4 is 5.97 Å². The predicted molar refractivity (Wildman–Crippen MR) is 457 cm³/mol. The van der Waals surface area contributed by atoms with Crippen molar-refractivity contribution in [2.24, 2.45) is 17.2 Å². The van der Waals surface area contributed by atoms with Gasteiger partial charge in [0.25, 0.3) is 5.72 Å². The average Bonchev–Trinajstić information content (AvgIpc) is 0.698. The molecule has 15 atom stereocenters. The molecule has 0 aromatic rings. The zero-order valence-corrected chi connectivity index (χ0v) is 73.6. The topological polar surface area (TPSA) is 312 Å². The van der Waals surface area contributed by atoms with Crippen LogP contribution in [0.25, 0.3) is 0 Å². The predicted octanol–water partition coefficient (Wildman–Crippen LogP) is 17.7. The largest absolute Gasteiger partial charge is 0.417 e. The molecule has 3 fully saturated rings. The van der Waals surface area contributed by atoms with Crippen LogP contribution in [0, 0.1) is 0 Å². The monoisotopic (exact) mass is 1600 g/mol. The van der Waals surface area contributed by atoms with Gasteiger partial charge in [-0.2, -0.15) is 0 Å². The van der Waals surface area contributed by atoms with Gasteiger partial charge in [0.1, 0.15) is 49.3 Å². The Bertz CT molecular complexity index is 2040. The van der Waals surface area contributed by atoms with E-state index in [0.717, 1.165) is 154 Å². The zero-order chi connectivity index (χ0) is 81.8. The Kier molecular flexibility index (Phi) is 61.4. The minimum atomic E-state index is -2.97. The molecule has 3 aliphatic heterocycles. The molecule has 0 spiro atoms. The summed E-state index contributed by atoms with van der Waals surface area (Å²) in [7, 11) is 0. The average molecular weight is 1600 g/mol. The molecule has 666 valence electrons. The first kappa shape index (κ1) is 105. The van der Waals surface area contributed by atoms with E-state index < -0.39 is 117 Å². The number of carbonyl (C=O) groups excluding carboxylic acids is 1. The third-order valence-corrected chi connectivity index (χ3v) is 25.8. The zero-order valence-electron chi connectivity index (χ0n) is 73.6. The molecular weight excluding hydrogens is 1420 g/mol. The Balaban J connectivity index is 2.34. The number of aliphatic hydroxyl groups is 8. The maximum atomic E-state index is 16.2. The van der Waals surface area contributed by atoms with Gasteiger partial charge in [-0.3, -0.25) is 9.22 Å². The number of unbranched alkanes of at least 4 members (excludes halogenated alkanes) is 54. The Morgan fingerprint density at radius 2 is 0.607 bits per heavy atom. The molecule has 0 bridgehead atoms. The lowest BCUT2D eigenvalue weighted by molar-refractivity contribution is -1.02. The second-order valence-corrected chi connectivity index (χ2v) is 35.5. The summed E-state index contributed by atoms with van der Waals surface area (Å²) in [6.45, 7) is 14.6. The van der Waals surface area contributed by atoms with Crippen molar-refractivity contribution in [1.29, 1.82) is 0 Å². The van der Waals surface area contributed by atoms with Gasteiger partial charge in [0.2, 0.25) is 0 Å². The van der Waals surface area contributed by atoms with Crippen LogP contribution in [0.5, 0.6) is 0 Å². The molecule has 112 heavy (non-hydrogen) atoms. The third-order valence-electron chi connectivity index (χ3n) is 25.8. The van der Waals surface area contributed by atoms with Crippen molar-refractivity contribution in [2.75, 3.05) is 65.6 Å². The smallest absolute Gasteiger partial charge is 0.364 e. The van der Waals surface area contributed by atoms with Crippen LogP contribution in [0.3, 0.4) is 0 Å². The number of nitrogens with zero attached hydrogens (tertiary/aromatic N) is 2. The van der Waals surface area contributed by atoms with E-state index in [1.165, 1.54) is 231 Å². The number of ether oxygens (including phenoxy) is 6.